The monoisotopic (exact) mass is 371 g/mol. The maximum absolute atomic E-state index is 14.0. The Hall–Kier alpha value is -1.80. The summed E-state index contributed by atoms with van der Waals surface area (Å²) in [6.07, 6.45) is 1.35. The normalized spacial score (nSPS) is 18.4. The molecule has 0 unspecified atom stereocenters. The van der Waals surface area contributed by atoms with Crippen LogP contribution in [0.5, 0.6) is 0 Å². The molecular formula is C17H22FNO5S. The van der Waals surface area contributed by atoms with Crippen LogP contribution >= 0.6 is 0 Å². The number of nitrogens with zero attached hydrogens (tertiary/aromatic N) is 1. The summed E-state index contributed by atoms with van der Waals surface area (Å²) < 4.78 is 45.4. The molecule has 0 aliphatic heterocycles. The molecule has 1 atom stereocenters. The third-order valence-electron chi connectivity index (χ3n) is 4.25. The van der Waals surface area contributed by atoms with Crippen molar-refractivity contribution in [1.29, 1.82) is 0 Å². The van der Waals surface area contributed by atoms with E-state index in [-0.39, 0.29) is 23.8 Å². The number of hydrogen-bond acceptors (Lipinski definition) is 5. The molecule has 6 nitrogen and oxygen atoms in total. The van der Waals surface area contributed by atoms with Crippen LogP contribution < -0.4 is 0 Å². The van der Waals surface area contributed by atoms with E-state index in [0.717, 1.165) is 31.0 Å². The van der Waals surface area contributed by atoms with Gasteiger partial charge in [-0.15, -0.1) is 0 Å². The Morgan fingerprint density at radius 2 is 1.96 bits per heavy atom. The SMILES string of the molecule is CCN(CC)S(=O)(=O)c1ccc(F)c(C(=O)O[C@H]2CCCCC2=O)c1. The van der Waals surface area contributed by atoms with Gasteiger partial charge in [0.2, 0.25) is 10.0 Å². The number of halogens is 1. The van der Waals surface area contributed by atoms with Crippen LogP contribution in [0.2, 0.25) is 0 Å². The van der Waals surface area contributed by atoms with Crippen molar-refractivity contribution in [1.82, 2.24) is 4.31 Å². The summed E-state index contributed by atoms with van der Waals surface area (Å²) >= 11 is 0. The van der Waals surface area contributed by atoms with Crippen molar-refractivity contribution < 1.29 is 27.1 Å². The van der Waals surface area contributed by atoms with Crippen LogP contribution in [-0.2, 0) is 19.6 Å². The summed E-state index contributed by atoms with van der Waals surface area (Å²) in [5.41, 5.74) is -0.480. The molecule has 0 heterocycles. The van der Waals surface area contributed by atoms with E-state index in [1.807, 2.05) is 0 Å². The van der Waals surface area contributed by atoms with Gasteiger partial charge >= 0.3 is 5.97 Å². The molecular weight excluding hydrogens is 349 g/mol. The maximum Gasteiger partial charge on any atom is 0.341 e. The molecule has 8 heteroatoms. The average molecular weight is 371 g/mol. The lowest BCUT2D eigenvalue weighted by Gasteiger charge is -2.21. The molecule has 138 valence electrons. The highest BCUT2D eigenvalue weighted by molar-refractivity contribution is 7.89. The molecule has 0 bridgehead atoms. The number of sulfonamides is 1. The topological polar surface area (TPSA) is 80.8 Å². The van der Waals surface area contributed by atoms with Crippen molar-refractivity contribution in [3.05, 3.63) is 29.6 Å². The van der Waals surface area contributed by atoms with Gasteiger partial charge < -0.3 is 4.74 Å². The highest BCUT2D eigenvalue weighted by Crippen LogP contribution is 2.22. The number of rotatable bonds is 6. The molecule has 25 heavy (non-hydrogen) atoms. The number of ketones is 1. The van der Waals surface area contributed by atoms with Gasteiger partial charge in [0, 0.05) is 19.5 Å². The van der Waals surface area contributed by atoms with Crippen molar-refractivity contribution in [3.8, 4) is 0 Å². The summed E-state index contributed by atoms with van der Waals surface area (Å²) in [6, 6.07) is 3.01. The molecule has 1 saturated carbocycles. The molecule has 1 aromatic carbocycles. The molecule has 2 rings (SSSR count). The minimum atomic E-state index is -3.83. The minimum Gasteiger partial charge on any atom is -0.451 e. The van der Waals surface area contributed by atoms with Crippen LogP contribution in [0.1, 0.15) is 49.9 Å². The zero-order valence-electron chi connectivity index (χ0n) is 14.3. The zero-order valence-corrected chi connectivity index (χ0v) is 15.1. The van der Waals surface area contributed by atoms with Gasteiger partial charge in [-0.1, -0.05) is 13.8 Å². The Balaban J connectivity index is 2.29. The molecule has 0 spiro atoms. The lowest BCUT2D eigenvalue weighted by atomic mass is 9.96. The van der Waals surface area contributed by atoms with Gasteiger partial charge in [0.15, 0.2) is 11.9 Å². The summed E-state index contributed by atoms with van der Waals surface area (Å²) in [5, 5.41) is 0. The highest BCUT2D eigenvalue weighted by Gasteiger charge is 2.29. The van der Waals surface area contributed by atoms with Crippen molar-refractivity contribution in [3.63, 3.8) is 0 Å². The predicted molar refractivity (Wildman–Crippen MR) is 89.2 cm³/mol. The van der Waals surface area contributed by atoms with E-state index in [1.165, 1.54) is 4.31 Å². The number of hydrogen-bond donors (Lipinski definition) is 0. The van der Waals surface area contributed by atoms with Crippen LogP contribution in [0.4, 0.5) is 4.39 Å². The Labute approximate surface area is 147 Å². The van der Waals surface area contributed by atoms with E-state index in [9.17, 15) is 22.4 Å². The van der Waals surface area contributed by atoms with Gasteiger partial charge in [0.25, 0.3) is 0 Å². The summed E-state index contributed by atoms with van der Waals surface area (Å²) in [5.74, 6) is -2.09. The maximum atomic E-state index is 14.0. The number of benzene rings is 1. The largest absolute Gasteiger partial charge is 0.451 e. The Bertz CT molecular complexity index is 758. The van der Waals surface area contributed by atoms with Crippen LogP contribution in [0.25, 0.3) is 0 Å². The fourth-order valence-electron chi connectivity index (χ4n) is 2.80. The van der Waals surface area contributed by atoms with Gasteiger partial charge in [-0.05, 0) is 37.5 Å². The van der Waals surface area contributed by atoms with Crippen LogP contribution in [-0.4, -0.2) is 43.7 Å². The van der Waals surface area contributed by atoms with Crippen molar-refractivity contribution >= 4 is 21.8 Å². The van der Waals surface area contributed by atoms with Crippen LogP contribution in [0.3, 0.4) is 0 Å². The van der Waals surface area contributed by atoms with E-state index in [0.29, 0.717) is 12.8 Å². The first-order valence-corrected chi connectivity index (χ1v) is 9.78. The number of carbonyl (C=O) groups is 2. The standard InChI is InChI=1S/C17H22FNO5S/c1-3-19(4-2)25(22,23)12-9-10-14(18)13(11-12)17(21)24-16-8-6-5-7-15(16)20/h9-11,16H,3-8H2,1-2H3/t16-/m0/s1. The smallest absolute Gasteiger partial charge is 0.341 e. The first kappa shape index (κ1) is 19.5. The molecule has 0 aromatic heterocycles. The van der Waals surface area contributed by atoms with Crippen LogP contribution in [0.15, 0.2) is 23.1 Å². The number of carbonyl (C=O) groups excluding carboxylic acids is 2. The fraction of sp³-hybridized carbons (Fsp3) is 0.529. The average Bonchev–Trinajstić information content (AvgIpc) is 2.58. The van der Waals surface area contributed by atoms with Crippen LogP contribution in [0, 0.1) is 5.82 Å². The molecule has 1 aliphatic carbocycles. The lowest BCUT2D eigenvalue weighted by Crippen LogP contribution is -2.31. The summed E-state index contributed by atoms with van der Waals surface area (Å²) in [4.78, 5) is 23.8. The molecule has 0 N–H and O–H groups in total. The van der Waals surface area contributed by atoms with Crippen molar-refractivity contribution in [2.45, 2.75) is 50.5 Å². The number of Topliss-reactive ketones (excluding diaryl/α,β-unsaturated/α-hetero) is 1. The van der Waals surface area contributed by atoms with E-state index < -0.39 is 33.5 Å². The lowest BCUT2D eigenvalue weighted by molar-refractivity contribution is -0.129. The van der Waals surface area contributed by atoms with E-state index >= 15 is 0 Å². The third-order valence-corrected chi connectivity index (χ3v) is 6.29. The molecule has 0 saturated heterocycles. The molecule has 1 fully saturated rings. The van der Waals surface area contributed by atoms with Crippen molar-refractivity contribution in [2.75, 3.05) is 13.1 Å². The second-order valence-electron chi connectivity index (χ2n) is 5.84. The summed E-state index contributed by atoms with van der Waals surface area (Å²) in [7, 11) is -3.83. The quantitative estimate of drug-likeness (QED) is 0.718. The number of ether oxygens (including phenoxy) is 1. The Morgan fingerprint density at radius 1 is 1.28 bits per heavy atom. The second kappa shape index (κ2) is 8.05. The van der Waals surface area contributed by atoms with Crippen molar-refractivity contribution in [2.24, 2.45) is 0 Å². The Morgan fingerprint density at radius 3 is 2.56 bits per heavy atom. The predicted octanol–water partition coefficient (Wildman–Crippen LogP) is 2.52. The first-order valence-electron chi connectivity index (χ1n) is 8.34. The summed E-state index contributed by atoms with van der Waals surface area (Å²) in [6.45, 7) is 3.89. The van der Waals surface area contributed by atoms with Gasteiger partial charge in [0.05, 0.1) is 10.5 Å². The Kier molecular flexibility index (Phi) is 6.29. The van der Waals surface area contributed by atoms with Gasteiger partial charge in [-0.3, -0.25) is 4.79 Å². The van der Waals surface area contributed by atoms with E-state index in [2.05, 4.69) is 0 Å². The number of esters is 1. The van der Waals surface area contributed by atoms with E-state index in [1.54, 1.807) is 13.8 Å². The van der Waals surface area contributed by atoms with Gasteiger partial charge in [0.1, 0.15) is 5.82 Å². The zero-order chi connectivity index (χ0) is 18.6. The molecule has 0 amide bonds. The molecule has 0 radical (unpaired) electrons. The first-order chi connectivity index (χ1) is 11.8. The van der Waals surface area contributed by atoms with Gasteiger partial charge in [-0.25, -0.2) is 17.6 Å². The molecule has 1 aliphatic rings. The molecule has 1 aromatic rings. The minimum absolute atomic E-state index is 0.181. The van der Waals surface area contributed by atoms with E-state index in [4.69, 9.17) is 4.74 Å². The highest BCUT2D eigenvalue weighted by atomic mass is 32.2. The second-order valence-corrected chi connectivity index (χ2v) is 7.77. The van der Waals surface area contributed by atoms with Gasteiger partial charge in [-0.2, -0.15) is 4.31 Å². The fourth-order valence-corrected chi connectivity index (χ4v) is 4.29. The third kappa shape index (κ3) is 4.24.